The third kappa shape index (κ3) is 6.25. The van der Waals surface area contributed by atoms with Gasteiger partial charge >= 0.3 is 6.09 Å². The molecule has 30 heavy (non-hydrogen) atoms. The lowest BCUT2D eigenvalue weighted by atomic mass is 9.89. The number of ether oxygens (including phenoxy) is 1. The fourth-order valence-corrected chi connectivity index (χ4v) is 4.93. The summed E-state index contributed by atoms with van der Waals surface area (Å²) in [5.41, 5.74) is 0.799. The molecule has 1 aliphatic carbocycles. The second-order valence-corrected chi connectivity index (χ2v) is 8.97. The van der Waals surface area contributed by atoms with Crippen molar-refractivity contribution in [3.63, 3.8) is 0 Å². The summed E-state index contributed by atoms with van der Waals surface area (Å²) in [5, 5.41) is 3.81. The lowest BCUT2D eigenvalue weighted by Gasteiger charge is -2.40. The normalized spacial score (nSPS) is 22.0. The van der Waals surface area contributed by atoms with Crippen LogP contribution in [0.25, 0.3) is 0 Å². The van der Waals surface area contributed by atoms with Gasteiger partial charge in [-0.05, 0) is 69.3 Å². The molecule has 166 valence electrons. The predicted molar refractivity (Wildman–Crippen MR) is 119 cm³/mol. The molecular formula is C22H31Cl2N3O3. The van der Waals surface area contributed by atoms with Crippen LogP contribution in [0.3, 0.4) is 0 Å². The summed E-state index contributed by atoms with van der Waals surface area (Å²) in [6, 6.07) is 5.87. The summed E-state index contributed by atoms with van der Waals surface area (Å²) in [5.74, 6) is -0.114. The summed E-state index contributed by atoms with van der Waals surface area (Å²) >= 11 is 11.9. The number of methoxy groups -OCH3 is 1. The number of rotatable bonds is 7. The van der Waals surface area contributed by atoms with Gasteiger partial charge in [-0.15, -0.1) is 0 Å². The van der Waals surface area contributed by atoms with Crippen molar-refractivity contribution in [2.24, 2.45) is 0 Å². The topological polar surface area (TPSA) is 61.9 Å². The maximum absolute atomic E-state index is 12.4. The summed E-state index contributed by atoms with van der Waals surface area (Å²) in [6.07, 6.45) is 6.72. The van der Waals surface area contributed by atoms with Gasteiger partial charge in [-0.1, -0.05) is 29.3 Å². The molecule has 1 saturated heterocycles. The number of halogens is 2. The van der Waals surface area contributed by atoms with Crippen molar-refractivity contribution in [2.75, 3.05) is 33.3 Å². The Morgan fingerprint density at radius 2 is 1.93 bits per heavy atom. The van der Waals surface area contributed by atoms with Gasteiger partial charge in [0, 0.05) is 25.2 Å². The van der Waals surface area contributed by atoms with E-state index in [1.807, 2.05) is 0 Å². The van der Waals surface area contributed by atoms with Crippen LogP contribution in [0.2, 0.25) is 10.0 Å². The monoisotopic (exact) mass is 455 g/mol. The van der Waals surface area contributed by atoms with Crippen LogP contribution in [0.5, 0.6) is 0 Å². The second-order valence-electron chi connectivity index (χ2n) is 8.16. The quantitative estimate of drug-likeness (QED) is 0.671. The molecule has 1 aliphatic heterocycles. The number of amides is 2. The Morgan fingerprint density at radius 1 is 1.17 bits per heavy atom. The molecule has 2 amide bonds. The van der Waals surface area contributed by atoms with E-state index in [4.69, 9.17) is 27.9 Å². The molecule has 2 aliphatic rings. The molecule has 1 saturated carbocycles. The molecule has 0 aromatic heterocycles. The van der Waals surface area contributed by atoms with Gasteiger partial charge in [-0.2, -0.15) is 0 Å². The fourth-order valence-electron chi connectivity index (χ4n) is 4.61. The number of likely N-dealkylation sites (tertiary alicyclic amines) is 1. The summed E-state index contributed by atoms with van der Waals surface area (Å²) in [6.45, 7) is 3.16. The van der Waals surface area contributed by atoms with E-state index in [9.17, 15) is 9.59 Å². The lowest BCUT2D eigenvalue weighted by molar-refractivity contribution is -0.120. The van der Waals surface area contributed by atoms with Crippen molar-refractivity contribution in [2.45, 2.75) is 57.0 Å². The Bertz CT molecular complexity index is 740. The van der Waals surface area contributed by atoms with E-state index < -0.39 is 0 Å². The summed E-state index contributed by atoms with van der Waals surface area (Å²) < 4.78 is 5.04. The van der Waals surface area contributed by atoms with Gasteiger partial charge in [-0.3, -0.25) is 4.79 Å². The van der Waals surface area contributed by atoms with E-state index in [-0.39, 0.29) is 24.5 Å². The van der Waals surface area contributed by atoms with Crippen LogP contribution < -0.4 is 5.32 Å². The van der Waals surface area contributed by atoms with Gasteiger partial charge in [0.1, 0.15) is 0 Å². The van der Waals surface area contributed by atoms with Crippen molar-refractivity contribution in [1.29, 1.82) is 0 Å². The number of benzene rings is 1. The van der Waals surface area contributed by atoms with E-state index in [2.05, 4.69) is 10.2 Å². The van der Waals surface area contributed by atoms with Crippen LogP contribution in [0.1, 0.15) is 44.1 Å². The van der Waals surface area contributed by atoms with Crippen molar-refractivity contribution >= 4 is 35.2 Å². The van der Waals surface area contributed by atoms with Gasteiger partial charge in [0.15, 0.2) is 0 Å². The van der Waals surface area contributed by atoms with Crippen LogP contribution in [-0.4, -0.2) is 67.2 Å². The average Bonchev–Trinajstić information content (AvgIpc) is 3.28. The number of hydrogen-bond donors (Lipinski definition) is 1. The molecular weight excluding hydrogens is 425 g/mol. The number of nitrogens with zero attached hydrogens (tertiary/aromatic N) is 2. The average molecular weight is 456 g/mol. The number of carbonyl (C=O) groups excluding carboxylic acids is 2. The van der Waals surface area contributed by atoms with Crippen molar-refractivity contribution in [1.82, 2.24) is 15.1 Å². The highest BCUT2D eigenvalue weighted by Crippen LogP contribution is 2.29. The molecule has 0 radical (unpaired) electrons. The minimum Gasteiger partial charge on any atom is -0.453 e. The summed E-state index contributed by atoms with van der Waals surface area (Å²) in [7, 11) is 1.42. The highest BCUT2D eigenvalue weighted by molar-refractivity contribution is 6.42. The van der Waals surface area contributed by atoms with Gasteiger partial charge < -0.3 is 19.9 Å². The Balaban J connectivity index is 1.51. The molecule has 6 nitrogen and oxygen atoms in total. The first kappa shape index (κ1) is 23.2. The van der Waals surface area contributed by atoms with Crippen LogP contribution in [0.15, 0.2) is 18.2 Å². The summed E-state index contributed by atoms with van der Waals surface area (Å²) in [4.78, 5) is 29.1. The Kier molecular flexibility index (Phi) is 8.66. The molecule has 1 heterocycles. The zero-order chi connectivity index (χ0) is 21.5. The van der Waals surface area contributed by atoms with E-state index in [0.29, 0.717) is 29.2 Å². The zero-order valence-electron chi connectivity index (χ0n) is 17.5. The van der Waals surface area contributed by atoms with Crippen molar-refractivity contribution in [3.05, 3.63) is 33.8 Å². The largest absolute Gasteiger partial charge is 0.453 e. The zero-order valence-corrected chi connectivity index (χ0v) is 19.1. The molecule has 1 N–H and O–H groups in total. The first-order chi connectivity index (χ1) is 14.5. The lowest BCUT2D eigenvalue weighted by Crippen LogP contribution is -2.49. The smallest absolute Gasteiger partial charge is 0.409 e. The maximum Gasteiger partial charge on any atom is 0.409 e. The Hall–Kier alpha value is -1.50. The predicted octanol–water partition coefficient (Wildman–Crippen LogP) is 4.13. The van der Waals surface area contributed by atoms with Crippen LogP contribution in [0, 0.1) is 0 Å². The minimum atomic E-state index is -0.319. The van der Waals surface area contributed by atoms with Crippen LogP contribution in [0.4, 0.5) is 4.79 Å². The molecule has 0 unspecified atom stereocenters. The van der Waals surface area contributed by atoms with E-state index in [1.54, 1.807) is 23.1 Å². The molecule has 2 fully saturated rings. The number of nitrogens with one attached hydrogen (secondary N) is 1. The van der Waals surface area contributed by atoms with E-state index >= 15 is 0 Å². The standard InChI is InChI=1S/C22H31Cl2N3O3/c1-30-22(29)27(18-6-4-5-17(15-18)26-10-2-3-11-26)12-9-25-21(28)14-16-7-8-19(23)20(24)13-16/h7-8,13,17-18H,2-6,9-12,14-15H2,1H3,(H,25,28)/t17-,18+/m0/s1. The van der Waals surface area contributed by atoms with Gasteiger partial charge in [0.2, 0.25) is 5.91 Å². The molecule has 1 aromatic rings. The SMILES string of the molecule is COC(=O)N(CCNC(=O)Cc1ccc(Cl)c(Cl)c1)[C@@H]1CCC[C@H](N2CCCC2)C1. The van der Waals surface area contributed by atoms with E-state index in [1.165, 1.54) is 39.5 Å². The number of carbonyl (C=O) groups is 2. The van der Waals surface area contributed by atoms with Gasteiger partial charge in [-0.25, -0.2) is 4.79 Å². The Morgan fingerprint density at radius 3 is 2.63 bits per heavy atom. The highest BCUT2D eigenvalue weighted by Gasteiger charge is 2.33. The molecule has 8 heteroatoms. The molecule has 1 aromatic carbocycles. The first-order valence-corrected chi connectivity index (χ1v) is 11.5. The van der Waals surface area contributed by atoms with Crippen molar-refractivity contribution in [3.8, 4) is 0 Å². The number of hydrogen-bond acceptors (Lipinski definition) is 4. The minimum absolute atomic E-state index is 0.114. The third-order valence-electron chi connectivity index (χ3n) is 6.15. The van der Waals surface area contributed by atoms with Crippen molar-refractivity contribution < 1.29 is 14.3 Å². The Labute approximate surface area is 188 Å². The second kappa shape index (κ2) is 11.2. The molecule has 0 spiro atoms. The van der Waals surface area contributed by atoms with Gasteiger partial charge in [0.05, 0.1) is 23.6 Å². The molecule has 0 bridgehead atoms. The van der Waals surface area contributed by atoms with E-state index in [0.717, 1.165) is 24.8 Å². The molecule has 2 atom stereocenters. The van der Waals surface area contributed by atoms with Crippen LogP contribution >= 0.6 is 23.2 Å². The fraction of sp³-hybridized carbons (Fsp3) is 0.636. The van der Waals surface area contributed by atoms with Crippen LogP contribution in [-0.2, 0) is 16.0 Å². The highest BCUT2D eigenvalue weighted by atomic mass is 35.5. The first-order valence-electron chi connectivity index (χ1n) is 10.8. The maximum atomic E-state index is 12.4. The third-order valence-corrected chi connectivity index (χ3v) is 6.89. The van der Waals surface area contributed by atoms with Gasteiger partial charge in [0.25, 0.3) is 0 Å². The molecule has 3 rings (SSSR count).